The van der Waals surface area contributed by atoms with E-state index >= 15 is 0 Å². The van der Waals surface area contributed by atoms with Crippen molar-refractivity contribution in [3.63, 3.8) is 0 Å². The number of hydrogen-bond acceptors (Lipinski definition) is 3. The van der Waals surface area contributed by atoms with E-state index in [1.165, 1.54) is 6.07 Å². The zero-order valence-corrected chi connectivity index (χ0v) is 14.3. The highest BCUT2D eigenvalue weighted by Crippen LogP contribution is 2.36. The molecule has 2 heterocycles. The van der Waals surface area contributed by atoms with Gasteiger partial charge in [0.2, 0.25) is 0 Å². The molecule has 2 aromatic rings. The molecule has 1 aromatic carbocycles. The number of rotatable bonds is 3. The van der Waals surface area contributed by atoms with E-state index < -0.39 is 30.0 Å². The topological polar surface area (TPSA) is 31.4 Å². The second kappa shape index (κ2) is 5.94. The Morgan fingerprint density at radius 1 is 1.04 bits per heavy atom. The molecule has 1 fully saturated rings. The van der Waals surface area contributed by atoms with Crippen molar-refractivity contribution >= 4 is 12.6 Å². The first-order valence-corrected chi connectivity index (χ1v) is 7.92. The number of hydrogen-bond donors (Lipinski definition) is 0. The summed E-state index contributed by atoms with van der Waals surface area (Å²) >= 11 is 0. The van der Waals surface area contributed by atoms with Gasteiger partial charge in [-0.3, -0.25) is 4.98 Å². The van der Waals surface area contributed by atoms with Crippen LogP contribution in [0.25, 0.3) is 0 Å². The Bertz CT molecular complexity index is 734. The zero-order chi connectivity index (χ0) is 17.5. The van der Waals surface area contributed by atoms with E-state index in [1.54, 1.807) is 18.5 Å². The summed E-state index contributed by atoms with van der Waals surface area (Å²) in [4.78, 5) is 4.02. The van der Waals surface area contributed by atoms with Crippen molar-refractivity contribution in [2.24, 2.45) is 0 Å². The van der Waals surface area contributed by atoms with Gasteiger partial charge in [-0.1, -0.05) is 12.1 Å². The first-order chi connectivity index (χ1) is 11.2. The van der Waals surface area contributed by atoms with E-state index in [0.717, 1.165) is 11.6 Å². The predicted molar refractivity (Wildman–Crippen MR) is 89.1 cm³/mol. The van der Waals surface area contributed by atoms with Gasteiger partial charge in [-0.25, -0.2) is 8.78 Å². The summed E-state index contributed by atoms with van der Waals surface area (Å²) in [5.41, 5.74) is 0.287. The van der Waals surface area contributed by atoms with Crippen molar-refractivity contribution < 1.29 is 18.1 Å². The Kier molecular flexibility index (Phi) is 4.22. The van der Waals surface area contributed by atoms with Crippen molar-refractivity contribution in [1.82, 2.24) is 4.98 Å². The highest BCUT2D eigenvalue weighted by Gasteiger charge is 2.52. The lowest BCUT2D eigenvalue weighted by atomic mass is 9.77. The smallest absolute Gasteiger partial charge is 0.399 e. The van der Waals surface area contributed by atoms with Crippen LogP contribution in [0.15, 0.2) is 36.7 Å². The van der Waals surface area contributed by atoms with Crippen LogP contribution >= 0.6 is 0 Å². The molecule has 24 heavy (non-hydrogen) atoms. The summed E-state index contributed by atoms with van der Waals surface area (Å²) in [6, 6.07) is 6.02. The molecule has 1 saturated heterocycles. The molecule has 1 aromatic heterocycles. The largest absolute Gasteiger partial charge is 0.497 e. The van der Waals surface area contributed by atoms with E-state index in [-0.39, 0.29) is 5.46 Å². The number of aromatic nitrogens is 1. The van der Waals surface area contributed by atoms with Crippen molar-refractivity contribution in [3.8, 4) is 0 Å². The number of benzene rings is 1. The molecule has 126 valence electrons. The fourth-order valence-corrected chi connectivity index (χ4v) is 2.62. The predicted octanol–water partition coefficient (Wildman–Crippen LogP) is 3.25. The number of halogens is 2. The van der Waals surface area contributed by atoms with Crippen LogP contribution in [0, 0.1) is 11.6 Å². The second-order valence-corrected chi connectivity index (χ2v) is 7.09. The maximum atomic E-state index is 14.3. The third-order valence-electron chi connectivity index (χ3n) is 4.79. The normalized spacial score (nSPS) is 18.8. The Morgan fingerprint density at radius 3 is 2.29 bits per heavy atom. The van der Waals surface area contributed by atoms with Crippen molar-refractivity contribution in [2.75, 3.05) is 0 Å². The molecule has 0 spiro atoms. The Morgan fingerprint density at radius 2 is 1.71 bits per heavy atom. The lowest BCUT2D eigenvalue weighted by Crippen LogP contribution is -2.41. The maximum absolute atomic E-state index is 14.3. The van der Waals surface area contributed by atoms with Crippen LogP contribution in [0.3, 0.4) is 0 Å². The SMILES string of the molecule is CC1(C)OB(c2cc(Cc3cccnc3)c(F)cc2F)OC1(C)C. The molecule has 1 aliphatic heterocycles. The van der Waals surface area contributed by atoms with E-state index in [1.807, 2.05) is 33.8 Å². The van der Waals surface area contributed by atoms with Crippen LogP contribution in [0.1, 0.15) is 38.8 Å². The van der Waals surface area contributed by atoms with E-state index in [0.29, 0.717) is 12.0 Å². The summed E-state index contributed by atoms with van der Waals surface area (Å²) in [5, 5.41) is 0. The van der Waals surface area contributed by atoms with Gasteiger partial charge in [-0.15, -0.1) is 0 Å². The lowest BCUT2D eigenvalue weighted by Gasteiger charge is -2.32. The molecule has 0 bridgehead atoms. The maximum Gasteiger partial charge on any atom is 0.497 e. The Hall–Kier alpha value is -1.79. The highest BCUT2D eigenvalue weighted by molar-refractivity contribution is 6.62. The van der Waals surface area contributed by atoms with Gasteiger partial charge in [0.1, 0.15) is 11.6 Å². The number of pyridine rings is 1. The minimum atomic E-state index is -0.858. The van der Waals surface area contributed by atoms with Crippen molar-refractivity contribution in [1.29, 1.82) is 0 Å². The van der Waals surface area contributed by atoms with Crippen molar-refractivity contribution in [3.05, 3.63) is 59.4 Å². The number of nitrogens with zero attached hydrogens (tertiary/aromatic N) is 1. The molecule has 0 radical (unpaired) electrons. The minimum Gasteiger partial charge on any atom is -0.399 e. The summed E-state index contributed by atoms with van der Waals surface area (Å²) < 4.78 is 40.2. The van der Waals surface area contributed by atoms with E-state index in [4.69, 9.17) is 9.31 Å². The summed E-state index contributed by atoms with van der Waals surface area (Å²) in [7, 11) is -0.858. The molecule has 0 aliphatic carbocycles. The molecule has 3 rings (SSSR count). The van der Waals surface area contributed by atoms with Gasteiger partial charge in [-0.2, -0.15) is 0 Å². The van der Waals surface area contributed by atoms with E-state index in [2.05, 4.69) is 4.98 Å². The quantitative estimate of drug-likeness (QED) is 0.809. The zero-order valence-electron chi connectivity index (χ0n) is 14.3. The Balaban J connectivity index is 1.94. The van der Waals surface area contributed by atoms with Gasteiger partial charge in [0.15, 0.2) is 0 Å². The van der Waals surface area contributed by atoms with E-state index in [9.17, 15) is 8.78 Å². The fourth-order valence-electron chi connectivity index (χ4n) is 2.62. The highest BCUT2D eigenvalue weighted by atomic mass is 19.1. The molecule has 0 unspecified atom stereocenters. The molecule has 3 nitrogen and oxygen atoms in total. The molecule has 0 N–H and O–H groups in total. The lowest BCUT2D eigenvalue weighted by molar-refractivity contribution is 0.00578. The standard InChI is InChI=1S/C18H20BF2NO2/c1-17(2)18(3,4)24-19(23-17)14-9-13(15(20)10-16(14)21)8-12-6-5-7-22-11-12/h5-7,9-11H,8H2,1-4H3. The molecular formula is C18H20BF2NO2. The Labute approximate surface area is 141 Å². The van der Waals surface area contributed by atoms with Crippen LogP contribution < -0.4 is 5.46 Å². The molecule has 1 aliphatic rings. The van der Waals surface area contributed by atoms with Gasteiger partial charge in [-0.05, 0) is 44.9 Å². The summed E-state index contributed by atoms with van der Waals surface area (Å²) in [6.07, 6.45) is 3.64. The second-order valence-electron chi connectivity index (χ2n) is 7.09. The average Bonchev–Trinajstić information content (AvgIpc) is 2.71. The fraction of sp³-hybridized carbons (Fsp3) is 0.389. The third kappa shape index (κ3) is 3.08. The van der Waals surface area contributed by atoms with Gasteiger partial charge in [0, 0.05) is 30.3 Å². The van der Waals surface area contributed by atoms with Gasteiger partial charge < -0.3 is 9.31 Å². The summed E-state index contributed by atoms with van der Waals surface area (Å²) in [6.45, 7) is 7.58. The van der Waals surface area contributed by atoms with Crippen LogP contribution in [-0.4, -0.2) is 23.3 Å². The first-order valence-electron chi connectivity index (χ1n) is 7.92. The van der Waals surface area contributed by atoms with Crippen molar-refractivity contribution in [2.45, 2.75) is 45.3 Å². The van der Waals surface area contributed by atoms with Gasteiger partial charge >= 0.3 is 7.12 Å². The van der Waals surface area contributed by atoms with Crippen LogP contribution in [0.4, 0.5) is 8.78 Å². The monoisotopic (exact) mass is 331 g/mol. The molecular weight excluding hydrogens is 311 g/mol. The molecule has 0 atom stereocenters. The first kappa shape index (κ1) is 17.1. The molecule has 0 saturated carbocycles. The van der Waals surface area contributed by atoms with Crippen LogP contribution in [-0.2, 0) is 15.7 Å². The third-order valence-corrected chi connectivity index (χ3v) is 4.79. The molecule has 6 heteroatoms. The molecule has 0 amide bonds. The van der Waals surface area contributed by atoms with Crippen LogP contribution in [0.2, 0.25) is 0 Å². The van der Waals surface area contributed by atoms with Gasteiger partial charge in [0.05, 0.1) is 11.2 Å². The average molecular weight is 331 g/mol. The summed E-state index contributed by atoms with van der Waals surface area (Å²) in [5.74, 6) is -1.25. The minimum absolute atomic E-state index is 0.217. The van der Waals surface area contributed by atoms with Crippen LogP contribution in [0.5, 0.6) is 0 Å². The van der Waals surface area contributed by atoms with Gasteiger partial charge in [0.25, 0.3) is 0 Å².